The molecule has 0 fully saturated rings. The normalized spacial score (nSPS) is 9.69. The molecule has 0 amide bonds. The van der Waals surface area contributed by atoms with Gasteiger partial charge in [0.05, 0.1) is 0 Å². The zero-order valence-corrected chi connectivity index (χ0v) is 7.67. The number of carbonyl (C=O) groups is 1. The van der Waals surface area contributed by atoms with Crippen molar-refractivity contribution in [2.24, 2.45) is 0 Å². The fourth-order valence-corrected chi connectivity index (χ4v) is 1.01. The molecule has 0 atom stereocenters. The molecule has 0 unspecified atom stereocenters. The lowest BCUT2D eigenvalue weighted by molar-refractivity contribution is -0.134. The Morgan fingerprint density at radius 1 is 1.69 bits per heavy atom. The van der Waals surface area contributed by atoms with E-state index in [4.69, 9.17) is 16.7 Å². The first-order valence-electron chi connectivity index (χ1n) is 3.55. The van der Waals surface area contributed by atoms with Crippen LogP contribution >= 0.6 is 11.6 Å². The van der Waals surface area contributed by atoms with Crippen LogP contribution in [0.4, 0.5) is 5.82 Å². The molecule has 1 aromatic rings. The van der Waals surface area contributed by atoms with Crippen molar-refractivity contribution in [3.05, 3.63) is 17.0 Å². The molecule has 0 aromatic carbocycles. The summed E-state index contributed by atoms with van der Waals surface area (Å²) in [6.07, 6.45) is 0. The van der Waals surface area contributed by atoms with Gasteiger partial charge in [0.2, 0.25) is 5.28 Å². The van der Waals surface area contributed by atoms with E-state index >= 15 is 0 Å². The van der Waals surface area contributed by atoms with E-state index in [-0.39, 0.29) is 11.8 Å². The number of nitrogens with one attached hydrogen (secondary N) is 1. The van der Waals surface area contributed by atoms with Gasteiger partial charge in [0.15, 0.2) is 0 Å². The standard InChI is InChI=1S/C7H8ClN3O2/c1-4-2-5(9-3-6(12)13)11-7(8)10-4/h2H,3H2,1H3,(H,12,13)(H,9,10,11). The number of halogens is 1. The fourth-order valence-electron chi connectivity index (χ4n) is 0.789. The van der Waals surface area contributed by atoms with Crippen LogP contribution in [0.25, 0.3) is 0 Å². The monoisotopic (exact) mass is 201 g/mol. The lowest BCUT2D eigenvalue weighted by atomic mass is 10.4. The molecule has 2 N–H and O–H groups in total. The molecule has 0 saturated carbocycles. The number of rotatable bonds is 3. The van der Waals surface area contributed by atoms with Crippen LogP contribution < -0.4 is 5.32 Å². The predicted molar refractivity (Wildman–Crippen MR) is 47.9 cm³/mol. The molecule has 0 aliphatic heterocycles. The summed E-state index contributed by atoms with van der Waals surface area (Å²) in [7, 11) is 0. The smallest absolute Gasteiger partial charge is 0.322 e. The molecule has 1 rings (SSSR count). The first kappa shape index (κ1) is 9.73. The van der Waals surface area contributed by atoms with E-state index in [2.05, 4.69) is 15.3 Å². The number of aryl methyl sites for hydroxylation is 1. The minimum absolute atomic E-state index is 0.105. The van der Waals surface area contributed by atoms with Crippen molar-refractivity contribution in [1.82, 2.24) is 9.97 Å². The number of carboxylic acid groups (broad SMARTS) is 1. The van der Waals surface area contributed by atoms with Gasteiger partial charge in [-0.2, -0.15) is 0 Å². The number of nitrogens with zero attached hydrogens (tertiary/aromatic N) is 2. The molecule has 6 heteroatoms. The average molecular weight is 202 g/mol. The van der Waals surface area contributed by atoms with Gasteiger partial charge in [-0.1, -0.05) is 0 Å². The Balaban J connectivity index is 2.71. The zero-order valence-electron chi connectivity index (χ0n) is 6.91. The summed E-state index contributed by atoms with van der Waals surface area (Å²) in [5.41, 5.74) is 0.688. The maximum atomic E-state index is 10.2. The van der Waals surface area contributed by atoms with Crippen molar-refractivity contribution < 1.29 is 9.90 Å². The zero-order chi connectivity index (χ0) is 9.84. The molecule has 1 aromatic heterocycles. The largest absolute Gasteiger partial charge is 0.480 e. The molecule has 0 bridgehead atoms. The molecule has 0 spiro atoms. The van der Waals surface area contributed by atoms with Gasteiger partial charge >= 0.3 is 5.97 Å². The minimum Gasteiger partial charge on any atom is -0.480 e. The lowest BCUT2D eigenvalue weighted by Crippen LogP contribution is -2.13. The third-order valence-electron chi connectivity index (χ3n) is 1.25. The maximum Gasteiger partial charge on any atom is 0.322 e. The van der Waals surface area contributed by atoms with E-state index in [0.29, 0.717) is 11.5 Å². The molecule has 0 aliphatic carbocycles. The third kappa shape index (κ3) is 3.25. The highest BCUT2D eigenvalue weighted by molar-refractivity contribution is 6.28. The highest BCUT2D eigenvalue weighted by Gasteiger charge is 2.01. The Hall–Kier alpha value is -1.36. The SMILES string of the molecule is Cc1cc(NCC(=O)O)nc(Cl)n1. The molecule has 1 heterocycles. The predicted octanol–water partition coefficient (Wildman–Crippen LogP) is 0.935. The van der Waals surface area contributed by atoms with E-state index in [1.165, 1.54) is 0 Å². The number of aromatic nitrogens is 2. The molecule has 0 saturated heterocycles. The summed E-state index contributed by atoms with van der Waals surface area (Å²) in [6.45, 7) is 1.56. The van der Waals surface area contributed by atoms with Gasteiger partial charge in [-0.3, -0.25) is 4.79 Å². The summed E-state index contributed by atoms with van der Waals surface area (Å²) in [5, 5.41) is 11.1. The van der Waals surface area contributed by atoms with Crippen molar-refractivity contribution in [1.29, 1.82) is 0 Å². The fraction of sp³-hybridized carbons (Fsp3) is 0.286. The molecular weight excluding hydrogens is 194 g/mol. The van der Waals surface area contributed by atoms with Crippen LogP contribution in [0.2, 0.25) is 5.28 Å². The lowest BCUT2D eigenvalue weighted by Gasteiger charge is -2.02. The Bertz CT molecular complexity index is 309. The molecular formula is C7H8ClN3O2. The first-order valence-corrected chi connectivity index (χ1v) is 3.92. The Labute approximate surface area is 79.8 Å². The van der Waals surface area contributed by atoms with Crippen LogP contribution in [0.5, 0.6) is 0 Å². The van der Waals surface area contributed by atoms with E-state index in [1.54, 1.807) is 13.0 Å². The Kier molecular flexibility index (Phi) is 3.02. The topological polar surface area (TPSA) is 75.1 Å². The van der Waals surface area contributed by atoms with Gasteiger partial charge < -0.3 is 10.4 Å². The Morgan fingerprint density at radius 3 is 2.92 bits per heavy atom. The number of aliphatic carboxylic acids is 1. The molecule has 13 heavy (non-hydrogen) atoms. The van der Waals surface area contributed by atoms with Gasteiger partial charge in [-0.15, -0.1) is 0 Å². The molecule has 0 aliphatic rings. The second-order valence-corrected chi connectivity index (χ2v) is 2.75. The van der Waals surface area contributed by atoms with Crippen molar-refractivity contribution in [2.45, 2.75) is 6.92 Å². The van der Waals surface area contributed by atoms with Crippen LogP contribution in [0.3, 0.4) is 0 Å². The highest BCUT2D eigenvalue weighted by atomic mass is 35.5. The quantitative estimate of drug-likeness (QED) is 0.712. The summed E-state index contributed by atoms with van der Waals surface area (Å²) in [5.74, 6) is -0.535. The highest BCUT2D eigenvalue weighted by Crippen LogP contribution is 2.08. The summed E-state index contributed by atoms with van der Waals surface area (Å²) < 4.78 is 0. The van der Waals surface area contributed by atoms with E-state index < -0.39 is 5.97 Å². The average Bonchev–Trinajstić information content (AvgIpc) is 1.99. The Morgan fingerprint density at radius 2 is 2.38 bits per heavy atom. The van der Waals surface area contributed by atoms with E-state index in [0.717, 1.165) is 0 Å². The third-order valence-corrected chi connectivity index (χ3v) is 1.42. The van der Waals surface area contributed by atoms with Gasteiger partial charge in [-0.25, -0.2) is 9.97 Å². The van der Waals surface area contributed by atoms with Crippen molar-refractivity contribution in [2.75, 3.05) is 11.9 Å². The summed E-state index contributed by atoms with van der Waals surface area (Å²) >= 11 is 5.56. The van der Waals surface area contributed by atoms with Gasteiger partial charge in [0, 0.05) is 11.8 Å². The van der Waals surface area contributed by atoms with Gasteiger partial charge in [0.25, 0.3) is 0 Å². The minimum atomic E-state index is -0.951. The second kappa shape index (κ2) is 4.04. The summed E-state index contributed by atoms with van der Waals surface area (Å²) in [4.78, 5) is 17.8. The molecule has 70 valence electrons. The van der Waals surface area contributed by atoms with E-state index in [1.807, 2.05) is 0 Å². The van der Waals surface area contributed by atoms with Crippen molar-refractivity contribution in [3.8, 4) is 0 Å². The van der Waals surface area contributed by atoms with Crippen LogP contribution in [0.15, 0.2) is 6.07 Å². The summed E-state index contributed by atoms with van der Waals surface area (Å²) in [6, 6.07) is 1.62. The van der Waals surface area contributed by atoms with Crippen LogP contribution in [-0.4, -0.2) is 27.6 Å². The molecule has 0 radical (unpaired) electrons. The molecule has 5 nitrogen and oxygen atoms in total. The van der Waals surface area contributed by atoms with Gasteiger partial charge in [0.1, 0.15) is 12.4 Å². The van der Waals surface area contributed by atoms with Crippen LogP contribution in [0.1, 0.15) is 5.69 Å². The van der Waals surface area contributed by atoms with E-state index in [9.17, 15) is 4.79 Å². The van der Waals surface area contributed by atoms with Crippen LogP contribution in [-0.2, 0) is 4.79 Å². The number of hydrogen-bond acceptors (Lipinski definition) is 4. The van der Waals surface area contributed by atoms with Crippen molar-refractivity contribution in [3.63, 3.8) is 0 Å². The first-order chi connectivity index (χ1) is 6.08. The number of hydrogen-bond donors (Lipinski definition) is 2. The number of anilines is 1. The number of carboxylic acids is 1. The van der Waals surface area contributed by atoms with Crippen molar-refractivity contribution >= 4 is 23.4 Å². The van der Waals surface area contributed by atoms with Crippen LogP contribution in [0, 0.1) is 6.92 Å². The van der Waals surface area contributed by atoms with Gasteiger partial charge in [-0.05, 0) is 18.5 Å². The second-order valence-electron chi connectivity index (χ2n) is 2.41. The maximum absolute atomic E-state index is 10.2.